The molecule has 5 rings (SSSR count). The summed E-state index contributed by atoms with van der Waals surface area (Å²) >= 11 is 1.40. The maximum Gasteiger partial charge on any atom is 0.260 e. The summed E-state index contributed by atoms with van der Waals surface area (Å²) in [5.41, 5.74) is 1.12. The average molecular weight is 533 g/mol. The molecule has 2 aliphatic heterocycles. The van der Waals surface area contributed by atoms with E-state index >= 15 is 0 Å². The molecule has 1 amide bonds. The lowest BCUT2D eigenvalue weighted by molar-refractivity contribution is 0.0730. The number of amides is 1. The van der Waals surface area contributed by atoms with Gasteiger partial charge in [-0.3, -0.25) is 9.69 Å². The fourth-order valence-corrected chi connectivity index (χ4v) is 6.42. The molecule has 0 saturated carbocycles. The van der Waals surface area contributed by atoms with Crippen LogP contribution in [-0.4, -0.2) is 95.2 Å². The number of aromatic nitrogens is 1. The van der Waals surface area contributed by atoms with Crippen LogP contribution in [0.4, 0.5) is 5.13 Å². The Kier molecular flexibility index (Phi) is 7.13. The molecular weight excluding hydrogens is 504 g/mol. The minimum absolute atomic E-state index is 0.159. The van der Waals surface area contributed by atoms with Gasteiger partial charge in [-0.2, -0.15) is 4.31 Å². The van der Waals surface area contributed by atoms with Gasteiger partial charge in [0.25, 0.3) is 5.91 Å². The molecule has 2 aliphatic rings. The van der Waals surface area contributed by atoms with Crippen LogP contribution >= 0.6 is 11.3 Å². The van der Waals surface area contributed by atoms with Crippen LogP contribution in [0.15, 0.2) is 41.3 Å². The number of hydrogen-bond donors (Lipinski definition) is 0. The molecule has 3 heterocycles. The number of rotatable bonds is 7. The number of fused-ring (bicyclic) bond motifs is 2. The minimum Gasteiger partial charge on any atom is -0.486 e. The van der Waals surface area contributed by atoms with E-state index in [1.807, 2.05) is 31.1 Å². The van der Waals surface area contributed by atoms with Crippen LogP contribution in [0.3, 0.4) is 0 Å². The van der Waals surface area contributed by atoms with Crippen molar-refractivity contribution in [3.63, 3.8) is 0 Å². The standard InChI is InChI=1S/C24H28N4O6S2/c1-26(2)7-8-28(24-25-19-15-20-21(16-22(19)35-24)34-14-13-33-20)23(29)17-3-5-18(6-4-17)36(30,31)27-9-11-32-12-10-27/h3-6,15-16H,7-14H2,1-2H3. The Bertz CT molecular complexity index is 1310. The van der Waals surface area contributed by atoms with Crippen LogP contribution in [0.1, 0.15) is 10.4 Å². The third-order valence-corrected chi connectivity index (χ3v) is 8.95. The number of sulfonamides is 1. The monoisotopic (exact) mass is 532 g/mol. The number of likely N-dealkylation sites (N-methyl/N-ethyl adjacent to an activating group) is 1. The van der Waals surface area contributed by atoms with E-state index in [-0.39, 0.29) is 10.8 Å². The smallest absolute Gasteiger partial charge is 0.260 e. The topological polar surface area (TPSA) is 102 Å². The van der Waals surface area contributed by atoms with E-state index in [4.69, 9.17) is 19.2 Å². The molecule has 0 radical (unpaired) electrons. The number of carbonyl (C=O) groups excluding carboxylic acids is 1. The van der Waals surface area contributed by atoms with Crippen LogP contribution in [0.5, 0.6) is 11.5 Å². The van der Waals surface area contributed by atoms with Gasteiger partial charge < -0.3 is 19.1 Å². The molecule has 36 heavy (non-hydrogen) atoms. The van der Waals surface area contributed by atoms with Crippen LogP contribution in [0, 0.1) is 0 Å². The fourth-order valence-electron chi connectivity index (χ4n) is 4.01. The number of ether oxygens (including phenoxy) is 3. The Morgan fingerprint density at radius 2 is 1.67 bits per heavy atom. The lowest BCUT2D eigenvalue weighted by Crippen LogP contribution is -2.40. The van der Waals surface area contributed by atoms with Crippen LogP contribution in [-0.2, 0) is 14.8 Å². The molecule has 0 bridgehead atoms. The zero-order valence-corrected chi connectivity index (χ0v) is 21.8. The molecule has 0 unspecified atom stereocenters. The van der Waals surface area contributed by atoms with Crippen molar-refractivity contribution >= 4 is 42.6 Å². The Morgan fingerprint density at radius 1 is 1.00 bits per heavy atom. The second kappa shape index (κ2) is 10.3. The van der Waals surface area contributed by atoms with Gasteiger partial charge in [0.1, 0.15) is 13.2 Å². The third kappa shape index (κ3) is 5.04. The molecule has 10 nitrogen and oxygen atoms in total. The number of anilines is 1. The summed E-state index contributed by atoms with van der Waals surface area (Å²) < 4.78 is 44.8. The van der Waals surface area contributed by atoms with E-state index in [1.165, 1.54) is 27.8 Å². The van der Waals surface area contributed by atoms with Gasteiger partial charge in [0.2, 0.25) is 10.0 Å². The van der Waals surface area contributed by atoms with Gasteiger partial charge >= 0.3 is 0 Å². The van der Waals surface area contributed by atoms with Crippen molar-refractivity contribution in [3.05, 3.63) is 42.0 Å². The summed E-state index contributed by atoms with van der Waals surface area (Å²) in [5, 5.41) is 0.559. The number of thiazole rings is 1. The molecule has 192 valence electrons. The van der Waals surface area contributed by atoms with Gasteiger partial charge in [0.05, 0.1) is 28.3 Å². The maximum atomic E-state index is 13.6. The molecule has 1 fully saturated rings. The molecule has 0 spiro atoms. The van der Waals surface area contributed by atoms with Crippen LogP contribution in [0.25, 0.3) is 10.2 Å². The van der Waals surface area contributed by atoms with Crippen molar-refractivity contribution < 1.29 is 27.4 Å². The van der Waals surface area contributed by atoms with E-state index in [9.17, 15) is 13.2 Å². The van der Waals surface area contributed by atoms with E-state index in [1.54, 1.807) is 17.0 Å². The van der Waals surface area contributed by atoms with Gasteiger partial charge in [-0.15, -0.1) is 0 Å². The highest BCUT2D eigenvalue weighted by molar-refractivity contribution is 7.89. The lowest BCUT2D eigenvalue weighted by Gasteiger charge is -2.26. The second-order valence-corrected chi connectivity index (χ2v) is 11.7. The molecule has 0 aliphatic carbocycles. The van der Waals surface area contributed by atoms with Crippen molar-refractivity contribution in [1.29, 1.82) is 0 Å². The van der Waals surface area contributed by atoms with Crippen molar-refractivity contribution in [3.8, 4) is 11.5 Å². The zero-order valence-electron chi connectivity index (χ0n) is 20.2. The summed E-state index contributed by atoms with van der Waals surface area (Å²) in [7, 11) is 0.243. The summed E-state index contributed by atoms with van der Waals surface area (Å²) in [6.45, 7) is 3.42. The van der Waals surface area contributed by atoms with Gasteiger partial charge in [0, 0.05) is 43.9 Å². The summed E-state index contributed by atoms with van der Waals surface area (Å²) in [5.74, 6) is 1.07. The SMILES string of the molecule is CN(C)CCN(C(=O)c1ccc(S(=O)(=O)N2CCOCC2)cc1)c1nc2cc3c(cc2s1)OCCO3. The number of hydrogen-bond acceptors (Lipinski definition) is 9. The highest BCUT2D eigenvalue weighted by Gasteiger charge is 2.28. The highest BCUT2D eigenvalue weighted by atomic mass is 32.2. The van der Waals surface area contributed by atoms with Crippen molar-refractivity contribution in [2.75, 3.05) is 71.6 Å². The van der Waals surface area contributed by atoms with Gasteiger partial charge in [-0.25, -0.2) is 13.4 Å². The minimum atomic E-state index is -3.64. The zero-order chi connectivity index (χ0) is 25.3. The van der Waals surface area contributed by atoms with Crippen LogP contribution in [0.2, 0.25) is 0 Å². The van der Waals surface area contributed by atoms with Crippen LogP contribution < -0.4 is 14.4 Å². The van der Waals surface area contributed by atoms with Crippen molar-refractivity contribution in [2.24, 2.45) is 0 Å². The number of morpholine rings is 1. The number of benzene rings is 2. The second-order valence-electron chi connectivity index (χ2n) is 8.76. The van der Waals surface area contributed by atoms with Crippen molar-refractivity contribution in [2.45, 2.75) is 4.90 Å². The molecule has 3 aromatic rings. The highest BCUT2D eigenvalue weighted by Crippen LogP contribution is 2.39. The van der Waals surface area contributed by atoms with Gasteiger partial charge in [-0.05, 0) is 38.4 Å². The average Bonchev–Trinajstić information content (AvgIpc) is 3.30. The molecule has 2 aromatic carbocycles. The Hall–Kier alpha value is -2.77. The first-order chi connectivity index (χ1) is 17.3. The summed E-state index contributed by atoms with van der Waals surface area (Å²) in [6, 6.07) is 9.83. The van der Waals surface area contributed by atoms with E-state index in [0.717, 1.165) is 10.2 Å². The van der Waals surface area contributed by atoms with Gasteiger partial charge in [-0.1, -0.05) is 11.3 Å². The van der Waals surface area contributed by atoms with E-state index < -0.39 is 10.0 Å². The molecule has 12 heteroatoms. The Morgan fingerprint density at radius 3 is 2.33 bits per heavy atom. The largest absolute Gasteiger partial charge is 0.486 e. The van der Waals surface area contributed by atoms with E-state index in [2.05, 4.69) is 0 Å². The molecule has 0 N–H and O–H groups in total. The molecule has 1 aromatic heterocycles. The van der Waals surface area contributed by atoms with Crippen molar-refractivity contribution in [1.82, 2.24) is 14.2 Å². The number of nitrogens with zero attached hydrogens (tertiary/aromatic N) is 4. The fraction of sp³-hybridized carbons (Fsp3) is 0.417. The molecule has 0 atom stereocenters. The summed E-state index contributed by atoms with van der Waals surface area (Å²) in [4.78, 5) is 22.1. The van der Waals surface area contributed by atoms with E-state index in [0.29, 0.717) is 74.8 Å². The Labute approximate surface area is 214 Å². The lowest BCUT2D eigenvalue weighted by atomic mass is 10.2. The first-order valence-electron chi connectivity index (χ1n) is 11.7. The first-order valence-corrected chi connectivity index (χ1v) is 13.9. The predicted molar refractivity (Wildman–Crippen MR) is 137 cm³/mol. The number of carbonyl (C=O) groups is 1. The molecule has 1 saturated heterocycles. The summed E-state index contributed by atoms with van der Waals surface area (Å²) in [6.07, 6.45) is 0. The van der Waals surface area contributed by atoms with Gasteiger partial charge in [0.15, 0.2) is 16.6 Å². The molecular formula is C24H28N4O6S2. The Balaban J connectivity index is 1.43. The normalized spacial score (nSPS) is 16.4. The third-order valence-electron chi connectivity index (χ3n) is 6.00. The maximum absolute atomic E-state index is 13.6. The quantitative estimate of drug-likeness (QED) is 0.457. The first kappa shape index (κ1) is 24.9. The predicted octanol–water partition coefficient (Wildman–Crippen LogP) is 2.30.